The van der Waals surface area contributed by atoms with Gasteiger partial charge in [-0.25, -0.2) is 33.3 Å². The summed E-state index contributed by atoms with van der Waals surface area (Å²) in [5, 5.41) is -2.12. The van der Waals surface area contributed by atoms with Gasteiger partial charge in [-0.15, -0.1) is 11.8 Å². The summed E-state index contributed by atoms with van der Waals surface area (Å²) in [7, 11) is -5.04. The summed E-state index contributed by atoms with van der Waals surface area (Å²) in [4.78, 5) is 45.5. The minimum Gasteiger partial charge on any atom is -0.382 e. The van der Waals surface area contributed by atoms with Crippen LogP contribution in [0.4, 0.5) is 20.5 Å². The Balaban J connectivity index is 1.21. The Kier molecular flexibility index (Phi) is 7.96. The molecule has 3 aliphatic heterocycles. The number of nitrogen functional groups attached to an aromatic ring is 2. The lowest BCUT2D eigenvalue weighted by Crippen LogP contribution is -2.34. The van der Waals surface area contributed by atoms with E-state index in [0.717, 1.165) is 18.1 Å². The van der Waals surface area contributed by atoms with Crippen LogP contribution < -0.4 is 17.0 Å². The summed E-state index contributed by atoms with van der Waals surface area (Å²) in [6, 6.07) is 0. The Labute approximate surface area is 264 Å². The van der Waals surface area contributed by atoms with Crippen LogP contribution in [0.25, 0.3) is 22.3 Å². The van der Waals surface area contributed by atoms with Crippen molar-refractivity contribution in [1.82, 2.24) is 39.0 Å². The van der Waals surface area contributed by atoms with Gasteiger partial charge in [0.25, 0.3) is 5.56 Å². The molecule has 0 amide bonds. The van der Waals surface area contributed by atoms with Crippen molar-refractivity contribution in [2.75, 3.05) is 24.7 Å². The number of rotatable bonds is 2. The van der Waals surface area contributed by atoms with Gasteiger partial charge in [0.15, 0.2) is 35.0 Å². The molecule has 45 heavy (non-hydrogen) atoms. The zero-order valence-corrected chi connectivity index (χ0v) is 26.6. The number of fused-ring (bicyclic) bond motifs is 5. The van der Waals surface area contributed by atoms with Gasteiger partial charge >= 0.3 is 7.82 Å². The van der Waals surface area contributed by atoms with Gasteiger partial charge in [0, 0.05) is 0 Å². The zero-order valence-electron chi connectivity index (χ0n) is 22.3. The fraction of sp³-hybridized carbons (Fsp3) is 0.500. The van der Waals surface area contributed by atoms with E-state index >= 15 is 8.78 Å². The van der Waals surface area contributed by atoms with E-state index in [1.54, 1.807) is 0 Å². The number of hydrogen-bond acceptors (Lipinski definition) is 16. The third kappa shape index (κ3) is 5.67. The molecule has 0 spiro atoms. The molecular weight excluding hydrogens is 704 g/mol. The number of aromatic amines is 1. The molecule has 0 aromatic carbocycles. The summed E-state index contributed by atoms with van der Waals surface area (Å²) in [6.45, 7) is -1.21. The quantitative estimate of drug-likeness (QED) is 0.145. The number of nitrogens with one attached hydrogen (secondary N) is 1. The Morgan fingerprint density at radius 3 is 2.60 bits per heavy atom. The summed E-state index contributed by atoms with van der Waals surface area (Å²) >= 11 is 10.8. The molecule has 4 aromatic rings. The number of hydrogen-bond donors (Lipinski definition) is 5. The molecule has 3 fully saturated rings. The van der Waals surface area contributed by atoms with E-state index < -0.39 is 79.8 Å². The molecule has 0 saturated carbocycles. The molecule has 18 nitrogen and oxygen atoms in total. The average Bonchev–Trinajstić information content (AvgIpc) is 3.72. The lowest BCUT2D eigenvalue weighted by molar-refractivity contribution is -0.0419. The Hall–Kier alpha value is -2.30. The first kappa shape index (κ1) is 31.3. The maximum atomic E-state index is 16.0. The molecule has 10 atom stereocenters. The lowest BCUT2D eigenvalue weighted by Gasteiger charge is -2.28. The average molecular weight is 727 g/mol. The van der Waals surface area contributed by atoms with Crippen molar-refractivity contribution in [2.45, 2.75) is 47.5 Å². The number of H-pyrrole nitrogens is 1. The fourth-order valence-electron chi connectivity index (χ4n) is 5.23. The number of nitrogens with zero attached hydrogens (tertiary/aromatic N) is 7. The molecule has 242 valence electrons. The van der Waals surface area contributed by atoms with E-state index in [1.165, 1.54) is 21.8 Å². The molecule has 0 radical (unpaired) electrons. The molecule has 7 rings (SSSR count). The van der Waals surface area contributed by atoms with Crippen molar-refractivity contribution >= 4 is 83.4 Å². The number of anilines is 2. The molecule has 0 aliphatic carbocycles. The Morgan fingerprint density at radius 2 is 1.80 bits per heavy atom. The van der Waals surface area contributed by atoms with Crippen LogP contribution in [0, 0.1) is 0 Å². The summed E-state index contributed by atoms with van der Waals surface area (Å²) in [5.74, 6) is -0.160. The standard InChI is InChI=1S/C20H22F2N10O8P2S3/c21-8-7-2-36-41(34,35)39-12-6(38-18(9(12)22)31-4-27-10-14(23)25-3-26-15(10)31)1-37-42(43,44)40-13(8)19(45-7)32-5-28-11-16(32)29-20(24)30-17(11)33/h3-9,12-13,18-19H,1-2H2,(H,34,35)(H,43,44)(H2,23,25,26)(H3,24,29,30,33)/t6-,7-,8+,9+,12-,13-,18-,19-/m1/s1. The van der Waals surface area contributed by atoms with Gasteiger partial charge in [0.1, 0.15) is 41.7 Å². The van der Waals surface area contributed by atoms with Crippen molar-refractivity contribution in [3.63, 3.8) is 0 Å². The fourth-order valence-corrected chi connectivity index (χ4v) is 9.78. The molecule has 6 N–H and O–H groups in total. The zero-order chi connectivity index (χ0) is 31.8. The molecular formula is C20H22F2N10O8P2S3. The van der Waals surface area contributed by atoms with E-state index in [-0.39, 0.29) is 34.1 Å². The number of aromatic nitrogens is 8. The van der Waals surface area contributed by atoms with Crippen LogP contribution in [0.3, 0.4) is 0 Å². The first-order valence-corrected chi connectivity index (χ1v) is 19.1. The SMILES string of the molecule is Nc1nc2c(ncn2[C@@H]2S[C@@H]3COP(=O)(O)O[C@H]4[C@H](F)[C@H](n5cnc6c(N)ncnc65)O[C@@H]4COP(=S)(S)O[C@@H]2[C@H]3F)c(=O)[nH]1. The second-order valence-corrected chi connectivity index (χ2v) is 18.1. The first-order valence-electron chi connectivity index (χ1n) is 12.9. The van der Waals surface area contributed by atoms with Gasteiger partial charge in [-0.3, -0.25) is 28.0 Å². The van der Waals surface area contributed by atoms with Gasteiger partial charge in [0.05, 0.1) is 31.1 Å². The van der Waals surface area contributed by atoms with Gasteiger partial charge in [0.2, 0.25) is 11.6 Å². The number of alkyl halides is 2. The number of nitrogens with two attached hydrogens (primary N) is 2. The minimum absolute atomic E-state index is 0.0306. The van der Waals surface area contributed by atoms with Crippen molar-refractivity contribution in [3.8, 4) is 0 Å². The second kappa shape index (κ2) is 11.4. The predicted octanol–water partition coefficient (Wildman–Crippen LogP) is 1.38. The number of ether oxygens (including phenoxy) is 1. The normalized spacial score (nSPS) is 37.7. The Morgan fingerprint density at radius 1 is 1.04 bits per heavy atom. The van der Waals surface area contributed by atoms with E-state index in [1.807, 2.05) is 0 Å². The Bertz CT molecular complexity index is 1950. The molecule has 3 saturated heterocycles. The maximum absolute atomic E-state index is 16.0. The third-order valence-electron chi connectivity index (χ3n) is 7.23. The topological polar surface area (TPSA) is 243 Å². The van der Waals surface area contributed by atoms with Gasteiger partial charge in [-0.05, 0) is 11.8 Å². The van der Waals surface area contributed by atoms with Crippen molar-refractivity contribution in [2.24, 2.45) is 0 Å². The van der Waals surface area contributed by atoms with Crippen molar-refractivity contribution < 1.29 is 41.1 Å². The first-order chi connectivity index (χ1) is 21.3. The van der Waals surface area contributed by atoms with Gasteiger partial charge < -0.3 is 30.1 Å². The summed E-state index contributed by atoms with van der Waals surface area (Å²) in [6.07, 6.45) is -6.26. The molecule has 3 aliphatic rings. The number of thioether (sulfide) groups is 1. The molecule has 2 unspecified atom stereocenters. The van der Waals surface area contributed by atoms with E-state index in [9.17, 15) is 14.3 Å². The molecule has 2 bridgehead atoms. The van der Waals surface area contributed by atoms with Gasteiger partial charge in [-0.2, -0.15) is 4.98 Å². The van der Waals surface area contributed by atoms with Crippen LogP contribution in [-0.4, -0.2) is 93.1 Å². The smallest absolute Gasteiger partial charge is 0.382 e. The summed E-state index contributed by atoms with van der Waals surface area (Å²) in [5.41, 5.74) is 7.57. The summed E-state index contributed by atoms with van der Waals surface area (Å²) < 4.78 is 75.6. The van der Waals surface area contributed by atoms with Crippen LogP contribution in [0.1, 0.15) is 11.6 Å². The number of phosphoric acid groups is 1. The van der Waals surface area contributed by atoms with Crippen LogP contribution in [0.2, 0.25) is 0 Å². The number of imidazole rings is 2. The highest BCUT2D eigenvalue weighted by atomic mass is 32.9. The third-order valence-corrected chi connectivity index (χ3v) is 11.9. The highest BCUT2D eigenvalue weighted by Gasteiger charge is 2.54. The van der Waals surface area contributed by atoms with Crippen molar-refractivity contribution in [1.29, 1.82) is 0 Å². The number of thiol groups is 1. The lowest BCUT2D eigenvalue weighted by atomic mass is 10.1. The van der Waals surface area contributed by atoms with Crippen molar-refractivity contribution in [3.05, 3.63) is 29.3 Å². The monoisotopic (exact) mass is 726 g/mol. The van der Waals surface area contributed by atoms with Gasteiger partial charge in [-0.1, -0.05) is 12.2 Å². The largest absolute Gasteiger partial charge is 0.472 e. The van der Waals surface area contributed by atoms with E-state index in [0.29, 0.717) is 0 Å². The van der Waals surface area contributed by atoms with E-state index in [2.05, 4.69) is 42.2 Å². The maximum Gasteiger partial charge on any atom is 0.472 e. The van der Waals surface area contributed by atoms with Crippen LogP contribution in [0.5, 0.6) is 0 Å². The van der Waals surface area contributed by atoms with Crippen LogP contribution >= 0.6 is 37.5 Å². The predicted molar refractivity (Wildman–Crippen MR) is 161 cm³/mol. The highest BCUT2D eigenvalue weighted by Crippen LogP contribution is 2.61. The number of phosphoric ester groups is 1. The van der Waals surface area contributed by atoms with Crippen LogP contribution in [0.15, 0.2) is 23.8 Å². The minimum atomic E-state index is -5.04. The van der Waals surface area contributed by atoms with Crippen LogP contribution in [-0.2, 0) is 39.2 Å². The molecule has 25 heteroatoms. The second-order valence-electron chi connectivity index (χ2n) is 10.0. The van der Waals surface area contributed by atoms with E-state index in [4.69, 9.17) is 46.1 Å². The number of halogens is 2. The molecule has 4 aromatic heterocycles. The highest BCUT2D eigenvalue weighted by molar-refractivity contribution is 8.60. The molecule has 7 heterocycles.